The van der Waals surface area contributed by atoms with Gasteiger partial charge in [0.1, 0.15) is 0 Å². The Hall–Kier alpha value is -2.55. The van der Waals surface area contributed by atoms with Crippen molar-refractivity contribution in [1.82, 2.24) is 20.8 Å². The van der Waals surface area contributed by atoms with Crippen LogP contribution in [0.25, 0.3) is 0 Å². The van der Waals surface area contributed by atoms with Crippen molar-refractivity contribution in [2.45, 2.75) is 56.2 Å². The lowest BCUT2D eigenvalue weighted by molar-refractivity contribution is -0.154. The lowest BCUT2D eigenvalue weighted by Crippen LogP contribution is -2.51. The molecule has 4 rings (SSSR count). The lowest BCUT2D eigenvalue weighted by Gasteiger charge is -2.39. The average molecular weight is 436 g/mol. The fraction of sp³-hybridized carbons (Fsp3) is 0.545. The first-order chi connectivity index (χ1) is 14.8. The van der Waals surface area contributed by atoms with Crippen LogP contribution in [0.15, 0.2) is 30.5 Å². The third kappa shape index (κ3) is 4.56. The van der Waals surface area contributed by atoms with E-state index >= 15 is 0 Å². The second-order valence-electron chi connectivity index (χ2n) is 8.57. The van der Waals surface area contributed by atoms with Crippen molar-refractivity contribution in [2.24, 2.45) is 0 Å². The Labute approximate surface area is 178 Å². The molecule has 9 heteroatoms. The van der Waals surface area contributed by atoms with E-state index in [9.17, 15) is 18.0 Å². The normalized spacial score (nSPS) is 23.1. The van der Waals surface area contributed by atoms with Crippen LogP contribution in [-0.2, 0) is 16.6 Å². The Morgan fingerprint density at radius 3 is 2.74 bits per heavy atom. The Balaban J connectivity index is 1.43. The summed E-state index contributed by atoms with van der Waals surface area (Å²) in [4.78, 5) is 12.7. The molecule has 31 heavy (non-hydrogen) atoms. The zero-order chi connectivity index (χ0) is 22.1. The number of ether oxygens (including phenoxy) is 1. The van der Waals surface area contributed by atoms with Crippen molar-refractivity contribution in [3.05, 3.63) is 52.8 Å². The van der Waals surface area contributed by atoms with E-state index in [4.69, 9.17) is 4.74 Å². The van der Waals surface area contributed by atoms with Gasteiger partial charge in [-0.1, -0.05) is 24.3 Å². The summed E-state index contributed by atoms with van der Waals surface area (Å²) < 4.78 is 46.0. The van der Waals surface area contributed by atoms with Gasteiger partial charge in [-0.2, -0.15) is 18.3 Å². The summed E-state index contributed by atoms with van der Waals surface area (Å²) in [6.07, 6.45) is -1.50. The number of carbonyl (C=O) groups is 1. The van der Waals surface area contributed by atoms with Gasteiger partial charge in [0.05, 0.1) is 12.1 Å². The zero-order valence-electron chi connectivity index (χ0n) is 17.4. The number of aromatic amines is 1. The van der Waals surface area contributed by atoms with Crippen molar-refractivity contribution in [3.8, 4) is 0 Å². The molecule has 0 bridgehead atoms. The number of hydrogen-bond acceptors (Lipinski definition) is 3. The number of halogens is 3. The molecule has 1 aromatic heterocycles. The van der Waals surface area contributed by atoms with Gasteiger partial charge in [-0.15, -0.1) is 0 Å². The highest BCUT2D eigenvalue weighted by atomic mass is 19.4. The molecule has 2 aliphatic rings. The summed E-state index contributed by atoms with van der Waals surface area (Å²) in [6.45, 7) is 3.66. The first-order valence-electron chi connectivity index (χ1n) is 10.6. The minimum atomic E-state index is -4.38. The van der Waals surface area contributed by atoms with Gasteiger partial charge in [0.2, 0.25) is 0 Å². The number of nitrogens with zero attached hydrogens (tertiary/aromatic N) is 1. The smallest absolute Gasteiger partial charge is 0.381 e. The fourth-order valence-corrected chi connectivity index (χ4v) is 4.90. The molecule has 0 radical (unpaired) electrons. The Morgan fingerprint density at radius 2 is 2.03 bits per heavy atom. The summed E-state index contributed by atoms with van der Waals surface area (Å²) in [5.74, 6) is -1.63. The SMILES string of the molecule is Cc1ccccc1C1(CNC(=O)NC2Cc3[nH]ncc3C(C(F)(F)F)C2)CCOCC1. The van der Waals surface area contributed by atoms with Crippen LogP contribution in [-0.4, -0.2) is 48.2 Å². The maximum absolute atomic E-state index is 13.5. The molecular weight excluding hydrogens is 409 g/mol. The first kappa shape index (κ1) is 21.7. The molecule has 168 valence electrons. The summed E-state index contributed by atoms with van der Waals surface area (Å²) in [6, 6.07) is 7.02. The molecule has 3 N–H and O–H groups in total. The van der Waals surface area contributed by atoms with Gasteiger partial charge in [-0.3, -0.25) is 5.10 Å². The zero-order valence-corrected chi connectivity index (χ0v) is 17.4. The van der Waals surface area contributed by atoms with Crippen LogP contribution >= 0.6 is 0 Å². The van der Waals surface area contributed by atoms with Crippen molar-refractivity contribution < 1.29 is 22.7 Å². The van der Waals surface area contributed by atoms with Gasteiger partial charge in [-0.25, -0.2) is 4.79 Å². The molecule has 2 aromatic rings. The number of carbonyl (C=O) groups excluding carboxylic acids is 1. The van der Waals surface area contributed by atoms with E-state index in [1.807, 2.05) is 25.1 Å². The van der Waals surface area contributed by atoms with E-state index in [1.165, 1.54) is 11.8 Å². The molecule has 1 aromatic carbocycles. The van der Waals surface area contributed by atoms with Gasteiger partial charge in [-0.05, 0) is 37.3 Å². The summed E-state index contributed by atoms with van der Waals surface area (Å²) in [7, 11) is 0. The molecule has 2 amide bonds. The number of rotatable bonds is 4. The van der Waals surface area contributed by atoms with E-state index in [2.05, 4.69) is 26.9 Å². The number of hydrogen-bond donors (Lipinski definition) is 3. The number of aromatic nitrogens is 2. The second kappa shape index (κ2) is 8.53. The third-order valence-corrected chi connectivity index (χ3v) is 6.58. The first-order valence-corrected chi connectivity index (χ1v) is 10.6. The summed E-state index contributed by atoms with van der Waals surface area (Å²) >= 11 is 0. The molecule has 0 spiro atoms. The van der Waals surface area contributed by atoms with Crippen LogP contribution in [0.4, 0.5) is 18.0 Å². The molecule has 1 aliphatic carbocycles. The summed E-state index contributed by atoms with van der Waals surface area (Å²) in [5, 5.41) is 12.1. The van der Waals surface area contributed by atoms with E-state index < -0.39 is 24.2 Å². The number of H-pyrrole nitrogens is 1. The van der Waals surface area contributed by atoms with Crippen molar-refractivity contribution >= 4 is 6.03 Å². The minimum absolute atomic E-state index is 0.173. The molecule has 1 saturated heterocycles. The molecule has 1 aliphatic heterocycles. The molecule has 6 nitrogen and oxygen atoms in total. The molecule has 0 saturated carbocycles. The van der Waals surface area contributed by atoms with Gasteiger partial charge in [0, 0.05) is 48.9 Å². The molecule has 2 heterocycles. The Morgan fingerprint density at radius 1 is 1.29 bits per heavy atom. The number of nitrogens with one attached hydrogen (secondary N) is 3. The highest BCUT2D eigenvalue weighted by Gasteiger charge is 2.46. The standard InChI is InChI=1S/C22H27F3N4O2/c1-14-4-2-3-5-17(14)21(6-8-31-9-7-21)13-26-20(30)28-15-10-18(22(23,24)25)16-12-27-29-19(16)11-15/h2-5,12,15,18H,6-11,13H2,1H3,(H,27,29)(H2,26,28,30). The topological polar surface area (TPSA) is 79.0 Å². The number of urea groups is 1. The van der Waals surface area contributed by atoms with E-state index in [0.29, 0.717) is 31.9 Å². The number of alkyl halides is 3. The molecule has 2 atom stereocenters. The number of aryl methyl sites for hydroxylation is 1. The van der Waals surface area contributed by atoms with Gasteiger partial charge in [0.15, 0.2) is 0 Å². The van der Waals surface area contributed by atoms with Crippen molar-refractivity contribution in [2.75, 3.05) is 19.8 Å². The fourth-order valence-electron chi connectivity index (χ4n) is 4.90. The minimum Gasteiger partial charge on any atom is -0.381 e. The van der Waals surface area contributed by atoms with Crippen LogP contribution in [0.3, 0.4) is 0 Å². The molecule has 1 fully saturated rings. The summed E-state index contributed by atoms with van der Waals surface area (Å²) in [5.41, 5.74) is 2.68. The number of amides is 2. The largest absolute Gasteiger partial charge is 0.395 e. The molecule has 2 unspecified atom stereocenters. The van der Waals surface area contributed by atoms with Crippen molar-refractivity contribution in [1.29, 1.82) is 0 Å². The predicted octanol–water partition coefficient (Wildman–Crippen LogP) is 3.73. The lowest BCUT2D eigenvalue weighted by atomic mass is 9.72. The average Bonchev–Trinajstić information content (AvgIpc) is 3.20. The van der Waals surface area contributed by atoms with Gasteiger partial charge < -0.3 is 15.4 Å². The Bertz CT molecular complexity index is 921. The predicted molar refractivity (Wildman–Crippen MR) is 109 cm³/mol. The monoisotopic (exact) mass is 436 g/mol. The maximum Gasteiger partial charge on any atom is 0.395 e. The van der Waals surface area contributed by atoms with Crippen LogP contribution in [0, 0.1) is 6.92 Å². The quantitative estimate of drug-likeness (QED) is 0.684. The highest BCUT2D eigenvalue weighted by Crippen LogP contribution is 2.42. The maximum atomic E-state index is 13.5. The van der Waals surface area contributed by atoms with Crippen molar-refractivity contribution in [3.63, 3.8) is 0 Å². The number of benzene rings is 1. The van der Waals surface area contributed by atoms with E-state index in [0.717, 1.165) is 18.4 Å². The van der Waals surface area contributed by atoms with Gasteiger partial charge >= 0.3 is 12.2 Å². The number of fused-ring (bicyclic) bond motifs is 1. The van der Waals surface area contributed by atoms with Crippen LogP contribution < -0.4 is 10.6 Å². The van der Waals surface area contributed by atoms with Gasteiger partial charge in [0.25, 0.3) is 0 Å². The Kier molecular flexibility index (Phi) is 5.96. The van der Waals surface area contributed by atoms with E-state index in [1.54, 1.807) is 0 Å². The van der Waals surface area contributed by atoms with E-state index in [-0.39, 0.29) is 17.4 Å². The van der Waals surface area contributed by atoms with Crippen LogP contribution in [0.1, 0.15) is 47.6 Å². The third-order valence-electron chi connectivity index (χ3n) is 6.58. The molecular formula is C22H27F3N4O2. The van der Waals surface area contributed by atoms with Crippen LogP contribution in [0.2, 0.25) is 0 Å². The highest BCUT2D eigenvalue weighted by molar-refractivity contribution is 5.74. The second-order valence-corrected chi connectivity index (χ2v) is 8.57. The van der Waals surface area contributed by atoms with Crippen LogP contribution in [0.5, 0.6) is 0 Å².